The maximum absolute atomic E-state index is 10.6. The first-order chi connectivity index (χ1) is 8.46. The molecule has 18 heavy (non-hydrogen) atoms. The molecule has 0 saturated carbocycles. The Morgan fingerprint density at radius 1 is 1.44 bits per heavy atom. The minimum atomic E-state index is -3.83. The summed E-state index contributed by atoms with van der Waals surface area (Å²) >= 11 is 0. The molecular formula is C13H19NO3S. The normalized spacial score (nSPS) is 18.9. The summed E-state index contributed by atoms with van der Waals surface area (Å²) in [5, 5.41) is 3.35. The van der Waals surface area contributed by atoms with Gasteiger partial charge in [0.25, 0.3) is 10.1 Å². The minimum absolute atomic E-state index is 0.173. The Kier molecular flexibility index (Phi) is 4.04. The van der Waals surface area contributed by atoms with Gasteiger partial charge in [-0.2, -0.15) is 8.42 Å². The Balaban J connectivity index is 1.87. The van der Waals surface area contributed by atoms with Crippen LogP contribution in [0.2, 0.25) is 0 Å². The van der Waals surface area contributed by atoms with E-state index in [4.69, 9.17) is 4.55 Å². The van der Waals surface area contributed by atoms with Gasteiger partial charge in [0.05, 0.1) is 5.75 Å². The van der Waals surface area contributed by atoms with E-state index in [9.17, 15) is 8.42 Å². The summed E-state index contributed by atoms with van der Waals surface area (Å²) in [7, 11) is -3.83. The highest BCUT2D eigenvalue weighted by Gasteiger charge is 2.21. The van der Waals surface area contributed by atoms with Crippen LogP contribution in [0.15, 0.2) is 18.2 Å². The Morgan fingerprint density at radius 2 is 2.22 bits per heavy atom. The number of aryl methyl sites for hydroxylation is 2. The van der Waals surface area contributed by atoms with E-state index < -0.39 is 10.1 Å². The average Bonchev–Trinajstić information content (AvgIpc) is 2.65. The third kappa shape index (κ3) is 3.54. The molecule has 0 spiro atoms. The molecule has 2 N–H and O–H groups in total. The van der Waals surface area contributed by atoms with Crippen LogP contribution >= 0.6 is 0 Å². The fraction of sp³-hybridized carbons (Fsp3) is 0.538. The standard InChI is InChI=1S/C13H19NO3S/c1-10-3-5-12-11(9-10)4-6-13(12)14-7-2-8-18(15,16)17/h3,5,9,13-14H,2,4,6-8H2,1H3,(H,15,16,17). The number of nitrogens with one attached hydrogen (secondary N) is 1. The monoisotopic (exact) mass is 269 g/mol. The zero-order chi connectivity index (χ0) is 13.2. The van der Waals surface area contributed by atoms with Crippen LogP contribution in [0.5, 0.6) is 0 Å². The molecule has 100 valence electrons. The van der Waals surface area contributed by atoms with Crippen LogP contribution in [-0.2, 0) is 16.5 Å². The van der Waals surface area contributed by atoms with Gasteiger partial charge in [-0.1, -0.05) is 23.8 Å². The van der Waals surface area contributed by atoms with Crippen molar-refractivity contribution in [1.29, 1.82) is 0 Å². The number of hydrogen-bond acceptors (Lipinski definition) is 3. The molecule has 4 nitrogen and oxygen atoms in total. The van der Waals surface area contributed by atoms with Gasteiger partial charge in [-0.25, -0.2) is 0 Å². The van der Waals surface area contributed by atoms with Crippen molar-refractivity contribution in [1.82, 2.24) is 5.32 Å². The van der Waals surface area contributed by atoms with Crippen molar-refractivity contribution in [2.45, 2.75) is 32.2 Å². The van der Waals surface area contributed by atoms with E-state index in [-0.39, 0.29) is 5.75 Å². The molecule has 5 heteroatoms. The predicted octanol–water partition coefficient (Wildman–Crippen LogP) is 1.85. The van der Waals surface area contributed by atoms with E-state index in [0.717, 1.165) is 12.8 Å². The summed E-state index contributed by atoms with van der Waals surface area (Å²) in [6, 6.07) is 6.80. The largest absolute Gasteiger partial charge is 0.310 e. The molecule has 0 bridgehead atoms. The average molecular weight is 269 g/mol. The first-order valence-corrected chi connectivity index (χ1v) is 7.84. The second-order valence-electron chi connectivity index (χ2n) is 4.89. The van der Waals surface area contributed by atoms with Crippen molar-refractivity contribution < 1.29 is 13.0 Å². The Bertz CT molecular complexity index is 525. The molecule has 1 aliphatic rings. The number of benzene rings is 1. The van der Waals surface area contributed by atoms with Gasteiger partial charge in [-0.05, 0) is 43.9 Å². The molecule has 0 aliphatic heterocycles. The van der Waals surface area contributed by atoms with Gasteiger partial charge in [-0.3, -0.25) is 4.55 Å². The van der Waals surface area contributed by atoms with Gasteiger partial charge in [-0.15, -0.1) is 0 Å². The summed E-state index contributed by atoms with van der Waals surface area (Å²) in [5.41, 5.74) is 4.00. The van der Waals surface area contributed by atoms with Crippen molar-refractivity contribution in [2.75, 3.05) is 12.3 Å². The van der Waals surface area contributed by atoms with Crippen LogP contribution in [0.3, 0.4) is 0 Å². The summed E-state index contributed by atoms with van der Waals surface area (Å²) in [4.78, 5) is 0. The van der Waals surface area contributed by atoms with Crippen molar-refractivity contribution in [2.24, 2.45) is 0 Å². The van der Waals surface area contributed by atoms with Crippen LogP contribution in [-0.4, -0.2) is 25.3 Å². The number of fused-ring (bicyclic) bond motifs is 1. The van der Waals surface area contributed by atoms with E-state index in [1.807, 2.05) is 0 Å². The summed E-state index contributed by atoms with van der Waals surface area (Å²) in [6.45, 7) is 2.70. The Hall–Kier alpha value is -0.910. The molecule has 0 fully saturated rings. The lowest BCUT2D eigenvalue weighted by Gasteiger charge is -2.13. The zero-order valence-electron chi connectivity index (χ0n) is 10.5. The molecule has 0 amide bonds. The van der Waals surface area contributed by atoms with E-state index >= 15 is 0 Å². The molecule has 1 aliphatic carbocycles. The summed E-state index contributed by atoms with van der Waals surface area (Å²) < 4.78 is 29.8. The van der Waals surface area contributed by atoms with Gasteiger partial charge in [0.2, 0.25) is 0 Å². The second kappa shape index (κ2) is 5.38. The summed E-state index contributed by atoms with van der Waals surface area (Å²) in [5.74, 6) is -0.173. The lowest BCUT2D eigenvalue weighted by molar-refractivity contribution is 0.475. The lowest BCUT2D eigenvalue weighted by Crippen LogP contribution is -2.22. The maximum Gasteiger partial charge on any atom is 0.264 e. The molecule has 0 saturated heterocycles. The van der Waals surface area contributed by atoms with Gasteiger partial charge >= 0.3 is 0 Å². The molecule has 2 rings (SSSR count). The smallest absolute Gasteiger partial charge is 0.264 e. The first kappa shape index (κ1) is 13.5. The van der Waals surface area contributed by atoms with Crippen molar-refractivity contribution in [3.8, 4) is 0 Å². The fourth-order valence-electron chi connectivity index (χ4n) is 2.49. The molecule has 0 radical (unpaired) electrons. The van der Waals surface area contributed by atoms with E-state index in [0.29, 0.717) is 19.0 Å². The zero-order valence-corrected chi connectivity index (χ0v) is 11.3. The van der Waals surface area contributed by atoms with E-state index in [1.54, 1.807) is 0 Å². The molecule has 1 unspecified atom stereocenters. The predicted molar refractivity (Wildman–Crippen MR) is 71.3 cm³/mol. The molecule has 0 heterocycles. The van der Waals surface area contributed by atoms with Gasteiger partial charge < -0.3 is 5.32 Å². The van der Waals surface area contributed by atoms with Crippen LogP contribution in [0.1, 0.15) is 35.6 Å². The third-order valence-corrected chi connectivity index (χ3v) is 4.15. The first-order valence-electron chi connectivity index (χ1n) is 6.24. The maximum atomic E-state index is 10.6. The molecule has 1 aromatic carbocycles. The molecular weight excluding hydrogens is 250 g/mol. The van der Waals surface area contributed by atoms with Gasteiger partial charge in [0, 0.05) is 6.04 Å². The van der Waals surface area contributed by atoms with Gasteiger partial charge in [0.15, 0.2) is 0 Å². The Labute approximate surface area is 108 Å². The van der Waals surface area contributed by atoms with E-state index in [1.165, 1.54) is 16.7 Å². The highest BCUT2D eigenvalue weighted by atomic mass is 32.2. The highest BCUT2D eigenvalue weighted by Crippen LogP contribution is 2.31. The van der Waals surface area contributed by atoms with Crippen LogP contribution in [0, 0.1) is 6.92 Å². The third-order valence-electron chi connectivity index (χ3n) is 3.35. The second-order valence-corrected chi connectivity index (χ2v) is 6.46. The van der Waals surface area contributed by atoms with Crippen molar-refractivity contribution in [3.63, 3.8) is 0 Å². The summed E-state index contributed by atoms with van der Waals surface area (Å²) in [6.07, 6.45) is 2.58. The molecule has 0 aromatic heterocycles. The van der Waals surface area contributed by atoms with Crippen molar-refractivity contribution in [3.05, 3.63) is 34.9 Å². The minimum Gasteiger partial charge on any atom is -0.310 e. The number of hydrogen-bond donors (Lipinski definition) is 2. The van der Waals surface area contributed by atoms with Crippen LogP contribution in [0.25, 0.3) is 0 Å². The fourth-order valence-corrected chi connectivity index (χ4v) is 3.00. The Morgan fingerprint density at radius 3 is 2.94 bits per heavy atom. The molecule has 1 aromatic rings. The lowest BCUT2D eigenvalue weighted by atomic mass is 10.1. The molecule has 1 atom stereocenters. The topological polar surface area (TPSA) is 66.4 Å². The van der Waals surface area contributed by atoms with Crippen molar-refractivity contribution >= 4 is 10.1 Å². The van der Waals surface area contributed by atoms with Gasteiger partial charge in [0.1, 0.15) is 0 Å². The van der Waals surface area contributed by atoms with Crippen LogP contribution < -0.4 is 5.32 Å². The SMILES string of the molecule is Cc1ccc2c(c1)CCC2NCCCS(=O)(=O)O. The quantitative estimate of drug-likeness (QED) is 0.632. The van der Waals surface area contributed by atoms with E-state index in [2.05, 4.69) is 30.4 Å². The van der Waals surface area contributed by atoms with Crippen LogP contribution in [0.4, 0.5) is 0 Å². The highest BCUT2D eigenvalue weighted by molar-refractivity contribution is 7.85. The number of rotatable bonds is 5.